The Labute approximate surface area is 190 Å². The van der Waals surface area contributed by atoms with Gasteiger partial charge in [-0.15, -0.1) is 10.2 Å². The number of likely N-dealkylation sites (N-methyl/N-ethyl adjacent to an activating group) is 1. The van der Waals surface area contributed by atoms with E-state index in [4.69, 9.17) is 0 Å². The molecule has 0 amide bonds. The third-order valence-corrected chi connectivity index (χ3v) is 7.45. The molecule has 0 saturated carbocycles. The number of nitrogens with one attached hydrogen (secondary N) is 1. The van der Waals surface area contributed by atoms with Gasteiger partial charge in [-0.1, -0.05) is 6.07 Å². The molecule has 1 unspecified atom stereocenters. The highest BCUT2D eigenvalue weighted by atomic mass is 31.2. The number of fused-ring (bicyclic) bond motifs is 1. The predicted octanol–water partition coefficient (Wildman–Crippen LogP) is 4.78. The molecule has 4 rings (SSSR count). The minimum absolute atomic E-state index is 0.128. The van der Waals surface area contributed by atoms with E-state index >= 15 is 0 Å². The summed E-state index contributed by atoms with van der Waals surface area (Å²) in [5.74, 6) is 0.00524. The second kappa shape index (κ2) is 8.61. The molecule has 1 saturated heterocycles. The van der Waals surface area contributed by atoms with Gasteiger partial charge in [0.2, 0.25) is 0 Å². The van der Waals surface area contributed by atoms with Crippen LogP contribution in [0.25, 0.3) is 22.0 Å². The summed E-state index contributed by atoms with van der Waals surface area (Å²) in [6.45, 7) is 5.17. The molecule has 33 heavy (non-hydrogen) atoms. The Morgan fingerprint density at radius 3 is 2.52 bits per heavy atom. The highest BCUT2D eigenvalue weighted by molar-refractivity contribution is 7.70. The third kappa shape index (κ3) is 4.99. The van der Waals surface area contributed by atoms with Crippen molar-refractivity contribution in [2.75, 3.05) is 38.8 Å². The summed E-state index contributed by atoms with van der Waals surface area (Å²) < 4.78 is 51.9. The monoisotopic (exact) mass is 478 g/mol. The Balaban J connectivity index is 1.85. The van der Waals surface area contributed by atoms with E-state index in [2.05, 4.69) is 27.5 Å². The molecule has 0 spiro atoms. The van der Waals surface area contributed by atoms with Gasteiger partial charge in [0.05, 0.1) is 5.56 Å². The first kappa shape index (κ1) is 23.5. The maximum Gasteiger partial charge on any atom is 0.416 e. The molecule has 2 N–H and O–H groups in total. The summed E-state index contributed by atoms with van der Waals surface area (Å²) in [7, 11) is -0.564. The van der Waals surface area contributed by atoms with Crippen molar-refractivity contribution in [3.8, 4) is 17.0 Å². The molecule has 2 aromatic carbocycles. The molecule has 6 nitrogen and oxygen atoms in total. The van der Waals surface area contributed by atoms with Crippen LogP contribution in [0.15, 0.2) is 36.4 Å². The van der Waals surface area contributed by atoms with Gasteiger partial charge in [-0.05, 0) is 70.1 Å². The van der Waals surface area contributed by atoms with Gasteiger partial charge in [0.1, 0.15) is 18.6 Å². The lowest BCUT2D eigenvalue weighted by Crippen LogP contribution is -2.40. The first-order valence-corrected chi connectivity index (χ1v) is 13.3. The molecular weight excluding hydrogens is 452 g/mol. The summed E-state index contributed by atoms with van der Waals surface area (Å²) >= 11 is 0. The first-order chi connectivity index (χ1) is 15.4. The van der Waals surface area contributed by atoms with E-state index in [0.717, 1.165) is 32.0 Å². The molecule has 3 aromatic rings. The van der Waals surface area contributed by atoms with Crippen LogP contribution in [0.5, 0.6) is 5.75 Å². The number of phenolic OH excluding ortho intramolecular Hbond substituents is 1. The van der Waals surface area contributed by atoms with E-state index in [-0.39, 0.29) is 17.3 Å². The second-order valence-electron chi connectivity index (χ2n) is 8.95. The van der Waals surface area contributed by atoms with Gasteiger partial charge in [-0.3, -0.25) is 0 Å². The minimum atomic E-state index is -4.57. The number of piperidine rings is 1. The van der Waals surface area contributed by atoms with Crippen LogP contribution in [0.1, 0.15) is 18.4 Å². The zero-order valence-electron chi connectivity index (χ0n) is 18.6. The maximum absolute atomic E-state index is 13.1. The highest BCUT2D eigenvalue weighted by Gasteiger charge is 2.31. The van der Waals surface area contributed by atoms with Crippen molar-refractivity contribution in [2.24, 2.45) is 0 Å². The summed E-state index contributed by atoms with van der Waals surface area (Å²) in [4.78, 5) is 2.23. The quantitative estimate of drug-likeness (QED) is 0.526. The molecule has 1 aliphatic heterocycles. The fraction of sp³-hybridized carbons (Fsp3) is 0.391. The van der Waals surface area contributed by atoms with Gasteiger partial charge in [0.15, 0.2) is 5.82 Å². The fourth-order valence-corrected chi connectivity index (χ4v) is 5.04. The number of anilines is 1. The Bertz CT molecular complexity index is 1240. The number of likely N-dealkylation sites (tertiary alicyclic amines) is 1. The average Bonchev–Trinajstić information content (AvgIpc) is 2.72. The lowest BCUT2D eigenvalue weighted by atomic mass is 10.0. The highest BCUT2D eigenvalue weighted by Crippen LogP contribution is 2.41. The van der Waals surface area contributed by atoms with Crippen molar-refractivity contribution in [3.05, 3.63) is 42.0 Å². The zero-order valence-corrected chi connectivity index (χ0v) is 19.5. The number of halogens is 3. The van der Waals surface area contributed by atoms with Crippen LogP contribution in [-0.2, 0) is 10.7 Å². The van der Waals surface area contributed by atoms with E-state index in [9.17, 15) is 22.8 Å². The fourth-order valence-electron chi connectivity index (χ4n) is 4.17. The average molecular weight is 478 g/mol. The van der Waals surface area contributed by atoms with Gasteiger partial charge in [0, 0.05) is 34.2 Å². The van der Waals surface area contributed by atoms with E-state index in [1.165, 1.54) is 6.07 Å². The van der Waals surface area contributed by atoms with Crippen LogP contribution in [0.2, 0.25) is 0 Å². The van der Waals surface area contributed by atoms with Crippen LogP contribution in [0.3, 0.4) is 0 Å². The number of hydrogen-bond acceptors (Lipinski definition) is 6. The Morgan fingerprint density at radius 1 is 1.12 bits per heavy atom. The largest absolute Gasteiger partial charge is 0.507 e. The lowest BCUT2D eigenvalue weighted by Gasteiger charge is -2.30. The summed E-state index contributed by atoms with van der Waals surface area (Å²) in [6.07, 6.45) is -2.54. The van der Waals surface area contributed by atoms with Gasteiger partial charge in [-0.2, -0.15) is 13.2 Å². The van der Waals surface area contributed by atoms with Crippen LogP contribution < -0.4 is 10.6 Å². The van der Waals surface area contributed by atoms with Crippen molar-refractivity contribution in [3.63, 3.8) is 0 Å². The number of nitrogens with zero attached hydrogens (tertiary/aromatic N) is 3. The predicted molar refractivity (Wildman–Crippen MR) is 125 cm³/mol. The van der Waals surface area contributed by atoms with Crippen LogP contribution in [0, 0.1) is 0 Å². The molecule has 0 bridgehead atoms. The molecule has 2 heterocycles. The van der Waals surface area contributed by atoms with Gasteiger partial charge < -0.3 is 19.9 Å². The van der Waals surface area contributed by atoms with Crippen molar-refractivity contribution in [1.82, 2.24) is 15.1 Å². The third-order valence-electron chi connectivity index (χ3n) is 5.93. The zero-order chi connectivity index (χ0) is 24.0. The van der Waals surface area contributed by atoms with Crippen LogP contribution in [0.4, 0.5) is 19.0 Å². The van der Waals surface area contributed by atoms with Gasteiger partial charge >= 0.3 is 6.18 Å². The second-order valence-corrected chi connectivity index (χ2v) is 12.2. The van der Waals surface area contributed by atoms with E-state index in [1.54, 1.807) is 31.5 Å². The van der Waals surface area contributed by atoms with E-state index in [1.807, 2.05) is 0 Å². The Morgan fingerprint density at radius 2 is 1.88 bits per heavy atom. The molecule has 10 heteroatoms. The number of hydrogen-bond donors (Lipinski definition) is 2. The van der Waals surface area contributed by atoms with Crippen molar-refractivity contribution < 1.29 is 22.8 Å². The normalized spacial score (nSPS) is 17.9. The standard InChI is InChI=1S/C23H26F3N4O2P/c1-30-10-4-5-15(13-30)27-22-17-9-7-16(33(2,3)32)12-19(17)21(28-29-22)18-8-6-14(11-20(18)31)23(24,25)26/h6-9,11-12,15,31H,4-5,10,13H2,1-3H3,(H,27,29). The number of rotatable bonds is 4. The SMILES string of the molecule is CN1CCCC(Nc2nnc(-c3ccc(C(F)(F)F)cc3O)c3cc(P(C)(C)=O)ccc23)C1. The van der Waals surface area contributed by atoms with Crippen molar-refractivity contribution >= 4 is 29.0 Å². The smallest absolute Gasteiger partial charge is 0.416 e. The number of phenols is 1. The van der Waals surface area contributed by atoms with Crippen molar-refractivity contribution in [2.45, 2.75) is 25.1 Å². The van der Waals surface area contributed by atoms with Crippen molar-refractivity contribution in [1.29, 1.82) is 0 Å². The summed E-state index contributed by atoms with van der Waals surface area (Å²) in [5, 5.41) is 24.3. The number of aromatic nitrogens is 2. The molecule has 1 aliphatic rings. The Hall–Kier alpha value is -2.64. The first-order valence-electron chi connectivity index (χ1n) is 10.6. The molecule has 176 valence electrons. The van der Waals surface area contributed by atoms with E-state index < -0.39 is 24.6 Å². The van der Waals surface area contributed by atoms with Crippen LogP contribution in [-0.4, -0.2) is 59.7 Å². The maximum atomic E-state index is 13.1. The summed E-state index contributed by atoms with van der Waals surface area (Å²) in [6, 6.07) is 8.26. The molecule has 1 atom stereocenters. The number of benzene rings is 2. The van der Waals surface area contributed by atoms with Crippen LogP contribution >= 0.6 is 7.14 Å². The van der Waals surface area contributed by atoms with E-state index in [0.29, 0.717) is 28.0 Å². The van der Waals surface area contributed by atoms with Gasteiger partial charge in [0.25, 0.3) is 0 Å². The molecule has 1 fully saturated rings. The van der Waals surface area contributed by atoms with Gasteiger partial charge in [-0.25, -0.2) is 0 Å². The Kier molecular flexibility index (Phi) is 6.14. The number of alkyl halides is 3. The lowest BCUT2D eigenvalue weighted by molar-refractivity contribution is -0.137. The molecule has 0 radical (unpaired) electrons. The molecule has 0 aliphatic carbocycles. The minimum Gasteiger partial charge on any atom is -0.507 e. The summed E-state index contributed by atoms with van der Waals surface area (Å²) in [5.41, 5.74) is -0.588. The topological polar surface area (TPSA) is 78.3 Å². The molecule has 1 aromatic heterocycles. The molecular formula is C23H26F3N4O2P. The number of aromatic hydroxyl groups is 1.